The van der Waals surface area contributed by atoms with Gasteiger partial charge in [0.15, 0.2) is 0 Å². The van der Waals surface area contributed by atoms with Crippen LogP contribution < -0.4 is 10.2 Å². The van der Waals surface area contributed by atoms with Crippen LogP contribution in [-0.4, -0.2) is 48.9 Å². The van der Waals surface area contributed by atoms with E-state index in [2.05, 4.69) is 5.32 Å². The molecule has 1 atom stereocenters. The van der Waals surface area contributed by atoms with Gasteiger partial charge in [-0.05, 0) is 62.6 Å². The van der Waals surface area contributed by atoms with Crippen LogP contribution in [0.15, 0.2) is 42.5 Å². The number of hydrogen-bond donors (Lipinski definition) is 1. The van der Waals surface area contributed by atoms with Gasteiger partial charge in [0.1, 0.15) is 11.4 Å². The van der Waals surface area contributed by atoms with Crippen LogP contribution >= 0.6 is 0 Å². The summed E-state index contributed by atoms with van der Waals surface area (Å²) in [5.74, 6) is -1.52. The van der Waals surface area contributed by atoms with Gasteiger partial charge in [0.05, 0.1) is 12.3 Å². The number of piperazine rings is 1. The number of carbonyl (C=O) groups is 2. The van der Waals surface area contributed by atoms with Gasteiger partial charge in [0.25, 0.3) is 0 Å². The van der Waals surface area contributed by atoms with Crippen molar-refractivity contribution in [1.29, 1.82) is 0 Å². The molecular formula is C23H28FN3O4S. The van der Waals surface area contributed by atoms with Gasteiger partial charge >= 0.3 is 0 Å². The molecular weight excluding hydrogens is 433 g/mol. The number of rotatable bonds is 6. The molecule has 0 aliphatic carbocycles. The molecule has 3 rings (SSSR count). The predicted molar refractivity (Wildman–Crippen MR) is 121 cm³/mol. The maximum Gasteiger partial charge on any atom is 0.247 e. The lowest BCUT2D eigenvalue weighted by molar-refractivity contribution is -0.133. The number of sulfonamides is 1. The molecule has 7 nitrogen and oxygen atoms in total. The van der Waals surface area contributed by atoms with Crippen LogP contribution in [0, 0.1) is 19.7 Å². The van der Waals surface area contributed by atoms with E-state index in [0.29, 0.717) is 11.3 Å². The first-order chi connectivity index (χ1) is 15.0. The number of benzene rings is 2. The third-order valence-electron chi connectivity index (χ3n) is 5.76. The van der Waals surface area contributed by atoms with Crippen molar-refractivity contribution in [1.82, 2.24) is 9.62 Å². The van der Waals surface area contributed by atoms with E-state index in [0.717, 1.165) is 15.4 Å². The highest BCUT2D eigenvalue weighted by atomic mass is 32.2. The number of anilines is 1. The first-order valence-corrected chi connectivity index (χ1v) is 12.0. The number of carbonyl (C=O) groups excluding carboxylic acids is 2. The van der Waals surface area contributed by atoms with Crippen molar-refractivity contribution in [3.8, 4) is 0 Å². The monoisotopic (exact) mass is 461 g/mol. The molecule has 1 N–H and O–H groups in total. The minimum atomic E-state index is -3.69. The summed E-state index contributed by atoms with van der Waals surface area (Å²) in [5.41, 5.74) is 1.49. The number of hydrogen-bond acceptors (Lipinski definition) is 4. The zero-order chi connectivity index (χ0) is 23.7. The number of nitrogens with zero attached hydrogens (tertiary/aromatic N) is 2. The minimum absolute atomic E-state index is 0.115. The molecule has 172 valence electrons. The van der Waals surface area contributed by atoms with Crippen LogP contribution in [0.4, 0.5) is 10.1 Å². The average Bonchev–Trinajstić information content (AvgIpc) is 2.75. The highest BCUT2D eigenvalue weighted by molar-refractivity contribution is 7.89. The third kappa shape index (κ3) is 4.68. The van der Waals surface area contributed by atoms with Gasteiger partial charge in [-0.25, -0.2) is 12.8 Å². The lowest BCUT2D eigenvalue weighted by Crippen LogP contribution is -2.70. The van der Waals surface area contributed by atoms with Crippen LogP contribution in [-0.2, 0) is 26.2 Å². The Labute approximate surface area is 188 Å². The number of nitrogens with one attached hydrogen (secondary N) is 1. The molecule has 32 heavy (non-hydrogen) atoms. The van der Waals surface area contributed by atoms with E-state index in [9.17, 15) is 22.4 Å². The highest BCUT2D eigenvalue weighted by Gasteiger charge is 2.50. The Morgan fingerprint density at radius 3 is 2.44 bits per heavy atom. The van der Waals surface area contributed by atoms with Gasteiger partial charge < -0.3 is 5.32 Å². The molecule has 0 saturated carbocycles. The van der Waals surface area contributed by atoms with Gasteiger partial charge in [-0.15, -0.1) is 0 Å². The van der Waals surface area contributed by atoms with Gasteiger partial charge in [-0.2, -0.15) is 4.31 Å². The van der Waals surface area contributed by atoms with E-state index < -0.39 is 27.4 Å². The number of aryl methyl sites for hydroxylation is 2. The second-order valence-corrected chi connectivity index (χ2v) is 10.5. The Morgan fingerprint density at radius 1 is 1.16 bits per heavy atom. The highest BCUT2D eigenvalue weighted by Crippen LogP contribution is 2.33. The van der Waals surface area contributed by atoms with E-state index >= 15 is 0 Å². The molecule has 0 bridgehead atoms. The SMILES string of the molecule is CCS(=O)(=O)N1CC(=O)N(c2cc(C)ccc2C)[C@@](C)(C(=O)NCc2ccc(F)cc2)C1. The molecule has 2 aromatic carbocycles. The largest absolute Gasteiger partial charge is 0.350 e. The van der Waals surface area contributed by atoms with E-state index in [1.165, 1.54) is 24.0 Å². The normalized spacial score (nSPS) is 19.8. The zero-order valence-electron chi connectivity index (χ0n) is 18.7. The summed E-state index contributed by atoms with van der Waals surface area (Å²) in [6, 6.07) is 11.3. The van der Waals surface area contributed by atoms with Crippen LogP contribution in [0.2, 0.25) is 0 Å². The fourth-order valence-corrected chi connectivity index (χ4v) is 4.98. The summed E-state index contributed by atoms with van der Waals surface area (Å²) in [7, 11) is -3.69. The van der Waals surface area contributed by atoms with E-state index in [4.69, 9.17) is 0 Å². The van der Waals surface area contributed by atoms with Crippen molar-refractivity contribution in [3.63, 3.8) is 0 Å². The predicted octanol–water partition coefficient (Wildman–Crippen LogP) is 2.52. The summed E-state index contributed by atoms with van der Waals surface area (Å²) in [5, 5.41) is 2.80. The Kier molecular flexibility index (Phi) is 6.71. The summed E-state index contributed by atoms with van der Waals surface area (Å²) >= 11 is 0. The van der Waals surface area contributed by atoms with Crippen LogP contribution in [0.1, 0.15) is 30.5 Å². The Hall–Kier alpha value is -2.78. The second-order valence-electron chi connectivity index (χ2n) is 8.27. The lowest BCUT2D eigenvalue weighted by Gasteiger charge is -2.47. The van der Waals surface area contributed by atoms with Gasteiger partial charge in [0.2, 0.25) is 21.8 Å². The zero-order valence-corrected chi connectivity index (χ0v) is 19.5. The lowest BCUT2D eigenvalue weighted by atomic mass is 9.93. The van der Waals surface area contributed by atoms with Crippen molar-refractivity contribution in [2.75, 3.05) is 23.7 Å². The molecule has 0 radical (unpaired) electrons. The fraction of sp³-hybridized carbons (Fsp3) is 0.391. The maximum absolute atomic E-state index is 13.4. The minimum Gasteiger partial charge on any atom is -0.350 e. The van der Waals surface area contributed by atoms with E-state index in [1.807, 2.05) is 32.0 Å². The van der Waals surface area contributed by atoms with Gasteiger partial charge in [-0.1, -0.05) is 24.3 Å². The Bertz CT molecular complexity index is 1130. The van der Waals surface area contributed by atoms with Crippen LogP contribution in [0.3, 0.4) is 0 Å². The van der Waals surface area contributed by atoms with Crippen LogP contribution in [0.5, 0.6) is 0 Å². The average molecular weight is 462 g/mol. The maximum atomic E-state index is 13.4. The molecule has 1 aliphatic heterocycles. The number of amides is 2. The smallest absolute Gasteiger partial charge is 0.247 e. The molecule has 1 aliphatic rings. The van der Waals surface area contributed by atoms with Gasteiger partial charge in [-0.3, -0.25) is 14.5 Å². The molecule has 1 fully saturated rings. The van der Waals surface area contributed by atoms with Crippen molar-refractivity contribution in [3.05, 3.63) is 65.0 Å². The van der Waals surface area contributed by atoms with Crippen molar-refractivity contribution < 1.29 is 22.4 Å². The molecule has 0 aromatic heterocycles. The summed E-state index contributed by atoms with van der Waals surface area (Å²) in [6.07, 6.45) is 0. The van der Waals surface area contributed by atoms with Crippen molar-refractivity contribution in [2.45, 2.75) is 39.8 Å². The second kappa shape index (κ2) is 8.99. The first-order valence-electron chi connectivity index (χ1n) is 10.4. The summed E-state index contributed by atoms with van der Waals surface area (Å²) in [6.45, 7) is 6.42. The molecule has 0 spiro atoms. The van der Waals surface area contributed by atoms with E-state index in [-0.39, 0.29) is 31.2 Å². The topological polar surface area (TPSA) is 86.8 Å². The first kappa shape index (κ1) is 23.9. The standard InChI is InChI=1S/C23H28FN3O4S/c1-5-32(30,31)26-14-21(28)27(20-12-16(2)6-7-17(20)3)23(4,15-26)22(29)25-13-18-8-10-19(24)11-9-18/h6-12H,5,13-15H2,1-4H3,(H,25,29)/t23-/m1/s1. The quantitative estimate of drug-likeness (QED) is 0.716. The molecule has 2 aromatic rings. The summed E-state index contributed by atoms with van der Waals surface area (Å²) in [4.78, 5) is 28.1. The molecule has 2 amide bonds. The third-order valence-corrected chi connectivity index (χ3v) is 7.53. The Morgan fingerprint density at radius 2 is 1.81 bits per heavy atom. The van der Waals surface area contributed by atoms with Crippen molar-refractivity contribution in [2.24, 2.45) is 0 Å². The van der Waals surface area contributed by atoms with E-state index in [1.54, 1.807) is 19.1 Å². The molecule has 0 unspecified atom stereocenters. The van der Waals surface area contributed by atoms with Gasteiger partial charge in [0, 0.05) is 18.8 Å². The molecule has 9 heteroatoms. The molecule has 1 heterocycles. The Balaban J connectivity index is 2.00. The number of halogens is 1. The van der Waals surface area contributed by atoms with Crippen LogP contribution in [0.25, 0.3) is 0 Å². The van der Waals surface area contributed by atoms with Crippen molar-refractivity contribution >= 4 is 27.5 Å². The molecule has 1 saturated heterocycles. The summed E-state index contributed by atoms with van der Waals surface area (Å²) < 4.78 is 39.4. The fourth-order valence-electron chi connectivity index (χ4n) is 3.85.